The first-order chi connectivity index (χ1) is 16.4. The topological polar surface area (TPSA) is 86.8 Å². The van der Waals surface area contributed by atoms with Gasteiger partial charge in [0.1, 0.15) is 6.04 Å². The van der Waals surface area contributed by atoms with Crippen LogP contribution in [0.3, 0.4) is 0 Å². The minimum absolute atomic E-state index is 0.0481. The van der Waals surface area contributed by atoms with Gasteiger partial charge in [0.05, 0.1) is 11.9 Å². The SMILES string of the molecule is CC[C@H](C(=O)NC)N(Cc1c(Cl)cccc1Cl)C(=O)CCCN(c1cc(C)ccc1C)S(C)(=O)=O. The van der Waals surface area contributed by atoms with Gasteiger partial charge in [-0.1, -0.05) is 48.3 Å². The number of hydrogen-bond donors (Lipinski definition) is 1. The maximum Gasteiger partial charge on any atom is 0.242 e. The van der Waals surface area contributed by atoms with Gasteiger partial charge in [-0.05, 0) is 56.0 Å². The Hall–Kier alpha value is -2.29. The lowest BCUT2D eigenvalue weighted by Gasteiger charge is -2.31. The molecule has 10 heteroatoms. The van der Waals surface area contributed by atoms with Gasteiger partial charge in [0.15, 0.2) is 0 Å². The van der Waals surface area contributed by atoms with Crippen molar-refractivity contribution in [2.24, 2.45) is 0 Å². The van der Waals surface area contributed by atoms with E-state index < -0.39 is 16.1 Å². The van der Waals surface area contributed by atoms with Gasteiger partial charge < -0.3 is 10.2 Å². The van der Waals surface area contributed by atoms with Crippen LogP contribution in [0, 0.1) is 13.8 Å². The van der Waals surface area contributed by atoms with Crippen molar-refractivity contribution >= 4 is 50.7 Å². The number of halogens is 2. The highest BCUT2D eigenvalue weighted by Crippen LogP contribution is 2.28. The summed E-state index contributed by atoms with van der Waals surface area (Å²) >= 11 is 12.7. The molecule has 35 heavy (non-hydrogen) atoms. The number of carbonyl (C=O) groups excluding carboxylic acids is 2. The van der Waals surface area contributed by atoms with Crippen molar-refractivity contribution in [1.29, 1.82) is 0 Å². The number of likely N-dealkylation sites (N-methyl/N-ethyl adjacent to an activating group) is 1. The molecule has 0 heterocycles. The molecule has 2 aromatic carbocycles. The molecule has 1 N–H and O–H groups in total. The fourth-order valence-electron chi connectivity index (χ4n) is 3.91. The highest BCUT2D eigenvalue weighted by Gasteiger charge is 2.29. The highest BCUT2D eigenvalue weighted by atomic mass is 35.5. The van der Waals surface area contributed by atoms with Crippen molar-refractivity contribution < 1.29 is 18.0 Å². The Morgan fingerprint density at radius 1 is 1.09 bits per heavy atom. The van der Waals surface area contributed by atoms with Crippen LogP contribution >= 0.6 is 23.2 Å². The molecule has 0 unspecified atom stereocenters. The van der Waals surface area contributed by atoms with Gasteiger partial charge in [-0.3, -0.25) is 13.9 Å². The maximum absolute atomic E-state index is 13.4. The fourth-order valence-corrected chi connectivity index (χ4v) is 5.44. The van der Waals surface area contributed by atoms with Gasteiger partial charge in [0.2, 0.25) is 21.8 Å². The summed E-state index contributed by atoms with van der Waals surface area (Å²) < 4.78 is 26.4. The second-order valence-electron chi connectivity index (χ2n) is 8.49. The summed E-state index contributed by atoms with van der Waals surface area (Å²) in [6.45, 7) is 5.76. The number of rotatable bonds is 11. The second kappa shape index (κ2) is 12.6. The van der Waals surface area contributed by atoms with Crippen LogP contribution in [0.25, 0.3) is 0 Å². The third kappa shape index (κ3) is 7.59. The van der Waals surface area contributed by atoms with E-state index in [4.69, 9.17) is 23.2 Å². The molecule has 0 saturated heterocycles. The van der Waals surface area contributed by atoms with E-state index in [9.17, 15) is 18.0 Å². The van der Waals surface area contributed by atoms with Crippen molar-refractivity contribution in [3.05, 3.63) is 63.1 Å². The molecule has 2 amide bonds. The zero-order valence-electron chi connectivity index (χ0n) is 20.8. The number of carbonyl (C=O) groups is 2. The average Bonchev–Trinajstić information content (AvgIpc) is 2.79. The zero-order valence-corrected chi connectivity index (χ0v) is 23.1. The smallest absolute Gasteiger partial charge is 0.242 e. The number of hydrogen-bond acceptors (Lipinski definition) is 4. The number of nitrogens with one attached hydrogen (secondary N) is 1. The normalized spacial score (nSPS) is 12.2. The fraction of sp³-hybridized carbons (Fsp3) is 0.440. The summed E-state index contributed by atoms with van der Waals surface area (Å²) in [6.07, 6.45) is 1.87. The number of anilines is 1. The minimum Gasteiger partial charge on any atom is -0.357 e. The van der Waals surface area contributed by atoms with E-state index in [0.29, 0.717) is 27.7 Å². The van der Waals surface area contributed by atoms with Crippen LogP contribution in [0.5, 0.6) is 0 Å². The van der Waals surface area contributed by atoms with Crippen LogP contribution < -0.4 is 9.62 Å². The first-order valence-electron chi connectivity index (χ1n) is 11.4. The van der Waals surface area contributed by atoms with Crippen molar-refractivity contribution in [3.8, 4) is 0 Å². The molecule has 7 nitrogen and oxygen atoms in total. The van der Waals surface area contributed by atoms with E-state index in [1.54, 1.807) is 18.2 Å². The lowest BCUT2D eigenvalue weighted by atomic mass is 10.1. The van der Waals surface area contributed by atoms with E-state index in [1.807, 2.05) is 39.0 Å². The third-order valence-electron chi connectivity index (χ3n) is 5.81. The Bertz CT molecular complexity index is 1150. The molecule has 0 aliphatic heterocycles. The quantitative estimate of drug-likeness (QED) is 0.446. The summed E-state index contributed by atoms with van der Waals surface area (Å²) in [5.41, 5.74) is 2.92. The summed E-state index contributed by atoms with van der Waals surface area (Å²) in [5.74, 6) is -0.581. The van der Waals surface area contributed by atoms with Crippen LogP contribution in [-0.4, -0.2) is 51.0 Å². The Morgan fingerprint density at radius 3 is 2.26 bits per heavy atom. The second-order valence-corrected chi connectivity index (χ2v) is 11.2. The predicted octanol–water partition coefficient (Wildman–Crippen LogP) is 4.71. The van der Waals surface area contributed by atoms with E-state index >= 15 is 0 Å². The summed E-state index contributed by atoms with van der Waals surface area (Å²) in [7, 11) is -2.05. The molecule has 0 aromatic heterocycles. The monoisotopic (exact) mass is 541 g/mol. The molecule has 2 rings (SSSR count). The number of sulfonamides is 1. The lowest BCUT2D eigenvalue weighted by Crippen LogP contribution is -2.48. The molecule has 192 valence electrons. The molecule has 0 fully saturated rings. The van der Waals surface area contributed by atoms with E-state index in [0.717, 1.165) is 17.4 Å². The molecule has 0 radical (unpaired) electrons. The van der Waals surface area contributed by atoms with Crippen molar-refractivity contribution in [3.63, 3.8) is 0 Å². The predicted molar refractivity (Wildman–Crippen MR) is 142 cm³/mol. The first kappa shape index (κ1) is 28.9. The number of nitrogens with zero attached hydrogens (tertiary/aromatic N) is 2. The summed E-state index contributed by atoms with van der Waals surface area (Å²) in [6, 6.07) is 9.97. The van der Waals surface area contributed by atoms with Crippen molar-refractivity contribution in [2.45, 2.75) is 52.6 Å². The Morgan fingerprint density at radius 2 is 1.71 bits per heavy atom. The van der Waals surface area contributed by atoms with E-state index in [2.05, 4.69) is 5.32 Å². The molecule has 2 aromatic rings. The molecular formula is C25H33Cl2N3O4S. The van der Waals surface area contributed by atoms with Gasteiger partial charge in [0, 0.05) is 42.2 Å². The molecule has 1 atom stereocenters. The molecular weight excluding hydrogens is 509 g/mol. The molecule has 0 saturated carbocycles. The molecule has 0 spiro atoms. The Labute approximate surface area is 218 Å². The van der Waals surface area contributed by atoms with Gasteiger partial charge in [-0.25, -0.2) is 8.42 Å². The minimum atomic E-state index is -3.56. The lowest BCUT2D eigenvalue weighted by molar-refractivity contribution is -0.141. The largest absolute Gasteiger partial charge is 0.357 e. The van der Waals surface area contributed by atoms with Gasteiger partial charge in [-0.2, -0.15) is 0 Å². The van der Waals surface area contributed by atoms with Crippen LogP contribution in [0.2, 0.25) is 10.0 Å². The van der Waals surface area contributed by atoms with E-state index in [-0.39, 0.29) is 37.7 Å². The van der Waals surface area contributed by atoms with Gasteiger partial charge in [-0.15, -0.1) is 0 Å². The number of benzene rings is 2. The molecule has 0 aliphatic rings. The Balaban J connectivity index is 2.28. The first-order valence-corrected chi connectivity index (χ1v) is 14.0. The van der Waals surface area contributed by atoms with Crippen LogP contribution in [-0.2, 0) is 26.2 Å². The van der Waals surface area contributed by atoms with Crippen LogP contribution in [0.15, 0.2) is 36.4 Å². The number of amides is 2. The van der Waals surface area contributed by atoms with Crippen molar-refractivity contribution in [2.75, 3.05) is 24.2 Å². The summed E-state index contributed by atoms with van der Waals surface area (Å²) in [5, 5.41) is 3.41. The highest BCUT2D eigenvalue weighted by molar-refractivity contribution is 7.92. The van der Waals surface area contributed by atoms with Crippen LogP contribution in [0.1, 0.15) is 42.9 Å². The zero-order chi connectivity index (χ0) is 26.3. The van der Waals surface area contributed by atoms with E-state index in [1.165, 1.54) is 16.3 Å². The molecule has 0 aliphatic carbocycles. The van der Waals surface area contributed by atoms with Gasteiger partial charge >= 0.3 is 0 Å². The maximum atomic E-state index is 13.4. The van der Waals surface area contributed by atoms with Gasteiger partial charge in [0.25, 0.3) is 0 Å². The average molecular weight is 543 g/mol. The third-order valence-corrected chi connectivity index (χ3v) is 7.70. The van der Waals surface area contributed by atoms with Crippen LogP contribution in [0.4, 0.5) is 5.69 Å². The summed E-state index contributed by atoms with van der Waals surface area (Å²) in [4.78, 5) is 27.4. The standard InChI is InChI=1S/C25H33Cl2N3O4S/c1-6-22(25(32)28-4)29(16-19-20(26)9-7-10-21(19)27)24(31)11-8-14-30(35(5,33)34)23-15-17(2)12-13-18(23)3/h7,9-10,12-13,15,22H,6,8,11,14,16H2,1-5H3,(H,28,32)/t22-/m1/s1. The molecule has 0 bridgehead atoms. The number of aryl methyl sites for hydroxylation is 2. The van der Waals surface area contributed by atoms with Crippen molar-refractivity contribution in [1.82, 2.24) is 10.2 Å². The Kier molecular flexibility index (Phi) is 10.4.